The molecule has 0 saturated heterocycles. The number of hydrogen-bond acceptors (Lipinski definition) is 4. The molecule has 1 aliphatic rings. The lowest BCUT2D eigenvalue weighted by Crippen LogP contribution is -2.23. The van der Waals surface area contributed by atoms with Crippen molar-refractivity contribution < 1.29 is 8.42 Å². The highest BCUT2D eigenvalue weighted by Crippen LogP contribution is 2.20. The van der Waals surface area contributed by atoms with Gasteiger partial charge in [-0.1, -0.05) is 0 Å². The molecule has 0 saturated carbocycles. The van der Waals surface area contributed by atoms with Gasteiger partial charge in [0.2, 0.25) is 0 Å². The molecule has 0 aliphatic carbocycles. The Balaban J connectivity index is 2.67. The Hall–Kier alpha value is -1.87. The summed E-state index contributed by atoms with van der Waals surface area (Å²) in [4.78, 5) is 0. The van der Waals surface area contributed by atoms with Crippen molar-refractivity contribution in [2.45, 2.75) is 5.75 Å². The number of hydrogen-bond donors (Lipinski definition) is 1. The molecule has 15 heavy (non-hydrogen) atoms. The van der Waals surface area contributed by atoms with Crippen LogP contribution >= 0.6 is 0 Å². The largest absolute Gasteiger partial charge is 0.383 e. The molecule has 0 amide bonds. The maximum Gasteiger partial charge on any atom is 0.259 e. The van der Waals surface area contributed by atoms with Crippen molar-refractivity contribution in [3.05, 3.63) is 34.9 Å². The molecule has 76 valence electrons. The first-order valence-electron chi connectivity index (χ1n) is 4.13. The van der Waals surface area contributed by atoms with E-state index in [4.69, 9.17) is 11.0 Å². The van der Waals surface area contributed by atoms with E-state index >= 15 is 0 Å². The Morgan fingerprint density at radius 3 is 2.87 bits per heavy atom. The van der Waals surface area contributed by atoms with Gasteiger partial charge in [-0.3, -0.25) is 0 Å². The normalized spacial score (nSPS) is 17.4. The zero-order valence-corrected chi connectivity index (χ0v) is 8.45. The highest BCUT2D eigenvalue weighted by atomic mass is 32.2. The van der Waals surface area contributed by atoms with Crippen molar-refractivity contribution in [1.29, 1.82) is 5.26 Å². The fourth-order valence-corrected chi connectivity index (χ4v) is 2.55. The van der Waals surface area contributed by atoms with Gasteiger partial charge in [0.25, 0.3) is 10.0 Å². The Morgan fingerprint density at radius 1 is 1.47 bits per heavy atom. The van der Waals surface area contributed by atoms with Gasteiger partial charge >= 0.3 is 0 Å². The average molecular weight is 221 g/mol. The van der Waals surface area contributed by atoms with Crippen LogP contribution < -0.4 is 5.73 Å². The molecule has 2 N–H and O–H groups in total. The third-order valence-electron chi connectivity index (χ3n) is 2.09. The monoisotopic (exact) mass is 221 g/mol. The van der Waals surface area contributed by atoms with Gasteiger partial charge in [-0.15, -0.1) is 4.40 Å². The van der Waals surface area contributed by atoms with Crippen LogP contribution in [-0.4, -0.2) is 14.3 Å². The first-order chi connectivity index (χ1) is 7.02. The number of rotatable bonds is 0. The second-order valence-electron chi connectivity index (χ2n) is 3.19. The molecule has 1 aromatic rings. The summed E-state index contributed by atoms with van der Waals surface area (Å²) in [7, 11) is -3.52. The number of fused-ring (bicyclic) bond motifs is 1. The summed E-state index contributed by atoms with van der Waals surface area (Å²) < 4.78 is 25.9. The van der Waals surface area contributed by atoms with Gasteiger partial charge in [0, 0.05) is 5.56 Å². The summed E-state index contributed by atoms with van der Waals surface area (Å²) >= 11 is 0. The van der Waals surface area contributed by atoms with Crippen LogP contribution in [0.15, 0.2) is 22.6 Å². The van der Waals surface area contributed by atoms with Crippen LogP contribution in [0.2, 0.25) is 0 Å². The third kappa shape index (κ3) is 1.69. The molecule has 0 aromatic heterocycles. The highest BCUT2D eigenvalue weighted by molar-refractivity contribution is 7.89. The smallest absolute Gasteiger partial charge is 0.259 e. The van der Waals surface area contributed by atoms with Crippen molar-refractivity contribution in [1.82, 2.24) is 0 Å². The van der Waals surface area contributed by atoms with E-state index in [0.717, 1.165) is 0 Å². The Morgan fingerprint density at radius 2 is 2.20 bits per heavy atom. The molecular formula is C9H7N3O2S. The van der Waals surface area contributed by atoms with Crippen molar-refractivity contribution in [2.75, 3.05) is 0 Å². The third-order valence-corrected chi connectivity index (χ3v) is 3.24. The molecule has 0 atom stereocenters. The predicted octanol–water partition coefficient (Wildman–Crippen LogP) is 0.107. The lowest BCUT2D eigenvalue weighted by Gasteiger charge is -2.13. The van der Waals surface area contributed by atoms with Crippen LogP contribution in [0.5, 0.6) is 0 Å². The van der Waals surface area contributed by atoms with Gasteiger partial charge in [0.05, 0.1) is 17.4 Å². The Bertz CT molecular complexity index is 596. The molecule has 0 fully saturated rings. The number of nitriles is 1. The number of nitrogens with zero attached hydrogens (tertiary/aromatic N) is 2. The van der Waals surface area contributed by atoms with Crippen LogP contribution in [0.4, 0.5) is 0 Å². The summed E-state index contributed by atoms with van der Waals surface area (Å²) in [6.45, 7) is 0. The SMILES string of the molecule is N#Cc1ccc2c(c1)CS(=O)(=O)N=C2N. The standard InChI is InChI=1S/C9H7N3O2S/c10-4-6-1-2-8-7(3-6)5-15(13,14)12-9(8)11/h1-3H,5H2,(H2,11,12). The molecule has 0 radical (unpaired) electrons. The van der Waals surface area contributed by atoms with E-state index in [-0.39, 0.29) is 11.6 Å². The summed E-state index contributed by atoms with van der Waals surface area (Å²) in [5.41, 5.74) is 7.03. The van der Waals surface area contributed by atoms with Gasteiger partial charge in [-0.2, -0.15) is 5.26 Å². The van der Waals surface area contributed by atoms with Crippen molar-refractivity contribution in [2.24, 2.45) is 10.1 Å². The van der Waals surface area contributed by atoms with E-state index in [1.807, 2.05) is 6.07 Å². The van der Waals surface area contributed by atoms with E-state index < -0.39 is 10.0 Å². The molecular weight excluding hydrogens is 214 g/mol. The Kier molecular flexibility index (Phi) is 1.98. The van der Waals surface area contributed by atoms with Crippen molar-refractivity contribution >= 4 is 15.9 Å². The van der Waals surface area contributed by atoms with Gasteiger partial charge in [0.1, 0.15) is 5.84 Å². The molecule has 5 nitrogen and oxygen atoms in total. The summed E-state index contributed by atoms with van der Waals surface area (Å²) in [5, 5.41) is 8.67. The molecule has 0 unspecified atom stereocenters. The first kappa shape index (κ1) is 9.68. The minimum atomic E-state index is -3.52. The van der Waals surface area contributed by atoms with E-state index in [0.29, 0.717) is 16.7 Å². The van der Waals surface area contributed by atoms with E-state index in [2.05, 4.69) is 4.40 Å². The van der Waals surface area contributed by atoms with E-state index in [1.165, 1.54) is 6.07 Å². The van der Waals surface area contributed by atoms with Crippen LogP contribution in [0.1, 0.15) is 16.7 Å². The molecule has 1 aliphatic heterocycles. The van der Waals surface area contributed by atoms with Crippen LogP contribution in [0, 0.1) is 11.3 Å². The fourth-order valence-electron chi connectivity index (χ4n) is 1.46. The zero-order valence-electron chi connectivity index (χ0n) is 7.64. The number of benzene rings is 1. The van der Waals surface area contributed by atoms with Gasteiger partial charge < -0.3 is 5.73 Å². The first-order valence-corrected chi connectivity index (χ1v) is 5.74. The lowest BCUT2D eigenvalue weighted by molar-refractivity contribution is 0.596. The summed E-state index contributed by atoms with van der Waals surface area (Å²) in [6.07, 6.45) is 0. The van der Waals surface area contributed by atoms with Gasteiger partial charge in [-0.05, 0) is 23.8 Å². The zero-order chi connectivity index (χ0) is 11.1. The summed E-state index contributed by atoms with van der Waals surface area (Å²) in [5.74, 6) is -0.209. The molecule has 1 heterocycles. The minimum Gasteiger partial charge on any atom is -0.383 e. The molecule has 0 spiro atoms. The van der Waals surface area contributed by atoms with Crippen LogP contribution in [0.3, 0.4) is 0 Å². The molecule has 2 rings (SSSR count). The molecule has 0 bridgehead atoms. The quantitative estimate of drug-likeness (QED) is 0.672. The fraction of sp³-hybridized carbons (Fsp3) is 0.111. The lowest BCUT2D eigenvalue weighted by atomic mass is 10.0. The summed E-state index contributed by atoms with van der Waals surface area (Å²) in [6, 6.07) is 6.66. The maximum absolute atomic E-state index is 11.3. The Labute approximate surface area is 86.9 Å². The predicted molar refractivity (Wildman–Crippen MR) is 54.5 cm³/mol. The molecule has 1 aromatic carbocycles. The van der Waals surface area contributed by atoms with E-state index in [1.54, 1.807) is 12.1 Å². The van der Waals surface area contributed by atoms with Crippen molar-refractivity contribution in [3.8, 4) is 6.07 Å². The van der Waals surface area contributed by atoms with Crippen LogP contribution in [0.25, 0.3) is 0 Å². The van der Waals surface area contributed by atoms with E-state index in [9.17, 15) is 8.42 Å². The van der Waals surface area contributed by atoms with Crippen molar-refractivity contribution in [3.63, 3.8) is 0 Å². The van der Waals surface area contributed by atoms with Gasteiger partial charge in [0.15, 0.2) is 0 Å². The minimum absolute atomic E-state index is 0.0132. The number of amidine groups is 1. The second kappa shape index (κ2) is 3.07. The topological polar surface area (TPSA) is 96.3 Å². The van der Waals surface area contributed by atoms with Gasteiger partial charge in [-0.25, -0.2) is 8.42 Å². The maximum atomic E-state index is 11.3. The number of sulfonamides is 1. The average Bonchev–Trinajstić information content (AvgIpc) is 2.14. The number of nitrogens with two attached hydrogens (primary N) is 1. The molecule has 6 heteroatoms. The van der Waals surface area contributed by atoms with Crippen LogP contribution in [-0.2, 0) is 15.8 Å². The highest BCUT2D eigenvalue weighted by Gasteiger charge is 2.21. The second-order valence-corrected chi connectivity index (χ2v) is 4.82.